The van der Waals surface area contributed by atoms with Crippen LogP contribution in [0.5, 0.6) is 5.75 Å². The van der Waals surface area contributed by atoms with Crippen molar-refractivity contribution in [2.24, 2.45) is 0 Å². The van der Waals surface area contributed by atoms with Gasteiger partial charge in [-0.3, -0.25) is 14.5 Å². The van der Waals surface area contributed by atoms with Crippen LogP contribution in [0.15, 0.2) is 54.6 Å². The maximum atomic E-state index is 12.4. The van der Waals surface area contributed by atoms with Crippen molar-refractivity contribution < 1.29 is 14.3 Å². The number of rotatable bonds is 8. The van der Waals surface area contributed by atoms with Gasteiger partial charge in [-0.2, -0.15) is 0 Å². The minimum atomic E-state index is -0.213. The van der Waals surface area contributed by atoms with Gasteiger partial charge in [0.05, 0.1) is 7.11 Å². The van der Waals surface area contributed by atoms with Crippen LogP contribution in [0.25, 0.3) is 0 Å². The van der Waals surface area contributed by atoms with Gasteiger partial charge in [0.15, 0.2) is 0 Å². The van der Waals surface area contributed by atoms with Crippen LogP contribution in [0.2, 0.25) is 0 Å². The minimum Gasteiger partial charge on any atom is -0.497 e. The summed E-state index contributed by atoms with van der Waals surface area (Å²) in [5, 5.41) is 2.84. The van der Waals surface area contributed by atoms with Crippen molar-refractivity contribution in [1.82, 2.24) is 15.1 Å². The molecule has 0 bridgehead atoms. The van der Waals surface area contributed by atoms with E-state index in [0.717, 1.165) is 37.4 Å². The first kappa shape index (κ1) is 20.9. The van der Waals surface area contributed by atoms with Crippen LogP contribution in [-0.4, -0.2) is 61.4 Å². The highest BCUT2D eigenvalue weighted by atomic mass is 16.5. The van der Waals surface area contributed by atoms with Crippen LogP contribution >= 0.6 is 0 Å². The number of methoxy groups -OCH3 is 1. The van der Waals surface area contributed by atoms with Crippen molar-refractivity contribution >= 4 is 11.8 Å². The van der Waals surface area contributed by atoms with Gasteiger partial charge in [0.1, 0.15) is 12.2 Å². The number of amides is 2. The SMILES string of the molecule is COc1ccc(CCNC(=O)CC(=O)N2CCN(Cc3ccccc3)CC2)cc1. The Morgan fingerprint density at radius 1 is 0.931 bits per heavy atom. The summed E-state index contributed by atoms with van der Waals surface area (Å²) in [6.07, 6.45) is 0.642. The van der Waals surface area contributed by atoms with E-state index in [2.05, 4.69) is 22.3 Å². The standard InChI is InChI=1S/C23H29N3O3/c1-29-21-9-7-19(8-10-21)11-12-24-22(27)17-23(28)26-15-13-25(14-16-26)18-20-5-3-2-4-6-20/h2-10H,11-18H2,1H3,(H,24,27). The molecule has 29 heavy (non-hydrogen) atoms. The van der Waals surface area contributed by atoms with Crippen LogP contribution in [0, 0.1) is 0 Å². The Hall–Kier alpha value is -2.86. The summed E-state index contributed by atoms with van der Waals surface area (Å²) in [5.74, 6) is 0.508. The second-order valence-electron chi connectivity index (χ2n) is 7.27. The molecule has 1 saturated heterocycles. The van der Waals surface area contributed by atoms with Crippen LogP contribution in [0.4, 0.5) is 0 Å². The zero-order valence-electron chi connectivity index (χ0n) is 17.0. The van der Waals surface area contributed by atoms with E-state index in [0.29, 0.717) is 19.6 Å². The van der Waals surface area contributed by atoms with E-state index >= 15 is 0 Å². The molecular formula is C23H29N3O3. The van der Waals surface area contributed by atoms with E-state index < -0.39 is 0 Å². The lowest BCUT2D eigenvalue weighted by Crippen LogP contribution is -2.49. The quantitative estimate of drug-likeness (QED) is 0.696. The lowest BCUT2D eigenvalue weighted by molar-refractivity contribution is -0.137. The molecule has 1 aliphatic heterocycles. The van der Waals surface area contributed by atoms with Gasteiger partial charge in [0.2, 0.25) is 11.8 Å². The third-order valence-corrected chi connectivity index (χ3v) is 5.18. The summed E-state index contributed by atoms with van der Waals surface area (Å²) in [6, 6.07) is 18.1. The third-order valence-electron chi connectivity index (χ3n) is 5.18. The summed E-state index contributed by atoms with van der Waals surface area (Å²) in [7, 11) is 1.63. The van der Waals surface area contributed by atoms with Crippen LogP contribution < -0.4 is 10.1 Å². The van der Waals surface area contributed by atoms with Gasteiger partial charge < -0.3 is 15.0 Å². The number of carbonyl (C=O) groups is 2. The molecule has 0 aromatic heterocycles. The van der Waals surface area contributed by atoms with Crippen molar-refractivity contribution in [1.29, 1.82) is 0 Å². The molecule has 6 heteroatoms. The average molecular weight is 396 g/mol. The minimum absolute atomic E-state index is 0.0820. The number of hydrogen-bond acceptors (Lipinski definition) is 4. The van der Waals surface area contributed by atoms with Gasteiger partial charge in [-0.15, -0.1) is 0 Å². The van der Waals surface area contributed by atoms with Gasteiger partial charge >= 0.3 is 0 Å². The molecule has 1 fully saturated rings. The molecule has 6 nitrogen and oxygen atoms in total. The molecule has 0 unspecified atom stereocenters. The summed E-state index contributed by atoms with van der Waals surface area (Å²) in [5.41, 5.74) is 2.40. The number of carbonyl (C=O) groups excluding carboxylic acids is 2. The van der Waals surface area contributed by atoms with E-state index in [1.807, 2.05) is 42.5 Å². The Morgan fingerprint density at radius 2 is 1.62 bits per heavy atom. The van der Waals surface area contributed by atoms with Gasteiger partial charge in [-0.05, 0) is 29.7 Å². The monoisotopic (exact) mass is 395 g/mol. The molecule has 1 N–H and O–H groups in total. The Morgan fingerprint density at radius 3 is 2.28 bits per heavy atom. The molecule has 1 heterocycles. The molecule has 154 valence electrons. The third kappa shape index (κ3) is 6.61. The maximum Gasteiger partial charge on any atom is 0.232 e. The first-order valence-electron chi connectivity index (χ1n) is 10.1. The van der Waals surface area contributed by atoms with E-state index in [1.165, 1.54) is 5.56 Å². The van der Waals surface area contributed by atoms with Crippen LogP contribution in [-0.2, 0) is 22.6 Å². The molecule has 0 saturated carbocycles. The zero-order chi connectivity index (χ0) is 20.5. The van der Waals surface area contributed by atoms with E-state index in [9.17, 15) is 9.59 Å². The molecular weight excluding hydrogens is 366 g/mol. The lowest BCUT2D eigenvalue weighted by atomic mass is 10.1. The Balaban J connectivity index is 1.34. The summed E-state index contributed by atoms with van der Waals surface area (Å²) in [6.45, 7) is 4.42. The number of hydrogen-bond donors (Lipinski definition) is 1. The maximum absolute atomic E-state index is 12.4. The van der Waals surface area contributed by atoms with Gasteiger partial charge in [-0.1, -0.05) is 42.5 Å². The van der Waals surface area contributed by atoms with Gasteiger partial charge in [0, 0.05) is 39.3 Å². The highest BCUT2D eigenvalue weighted by molar-refractivity contribution is 5.96. The van der Waals surface area contributed by atoms with Crippen LogP contribution in [0.1, 0.15) is 17.5 Å². The Bertz CT molecular complexity index is 785. The molecule has 0 spiro atoms. The second-order valence-corrected chi connectivity index (χ2v) is 7.27. The Labute approximate surface area is 172 Å². The summed E-state index contributed by atoms with van der Waals surface area (Å²) < 4.78 is 5.13. The normalized spacial score (nSPS) is 14.4. The predicted octanol–water partition coefficient (Wildman–Crippen LogP) is 2.09. The molecule has 2 aromatic carbocycles. The van der Waals surface area contributed by atoms with E-state index in [1.54, 1.807) is 12.0 Å². The first-order chi connectivity index (χ1) is 14.1. The van der Waals surface area contributed by atoms with E-state index in [4.69, 9.17) is 4.74 Å². The van der Waals surface area contributed by atoms with Crippen molar-refractivity contribution in [3.63, 3.8) is 0 Å². The largest absolute Gasteiger partial charge is 0.497 e. The zero-order valence-corrected chi connectivity index (χ0v) is 17.0. The van der Waals surface area contributed by atoms with E-state index in [-0.39, 0.29) is 18.2 Å². The summed E-state index contributed by atoms with van der Waals surface area (Å²) >= 11 is 0. The van der Waals surface area contributed by atoms with Crippen molar-refractivity contribution in [3.8, 4) is 5.75 Å². The number of nitrogens with zero attached hydrogens (tertiary/aromatic N) is 2. The molecule has 2 amide bonds. The summed E-state index contributed by atoms with van der Waals surface area (Å²) in [4.78, 5) is 28.7. The number of ether oxygens (including phenoxy) is 1. The smallest absolute Gasteiger partial charge is 0.232 e. The molecule has 0 atom stereocenters. The molecule has 0 radical (unpaired) electrons. The first-order valence-corrected chi connectivity index (χ1v) is 10.1. The lowest BCUT2D eigenvalue weighted by Gasteiger charge is -2.34. The van der Waals surface area contributed by atoms with Crippen molar-refractivity contribution in [2.45, 2.75) is 19.4 Å². The number of nitrogens with one attached hydrogen (secondary N) is 1. The van der Waals surface area contributed by atoms with Gasteiger partial charge in [-0.25, -0.2) is 0 Å². The van der Waals surface area contributed by atoms with Gasteiger partial charge in [0.25, 0.3) is 0 Å². The number of piperazine rings is 1. The Kier molecular flexibility index (Phi) is 7.64. The predicted molar refractivity (Wildman–Crippen MR) is 113 cm³/mol. The average Bonchev–Trinajstić information content (AvgIpc) is 2.75. The number of benzene rings is 2. The van der Waals surface area contributed by atoms with Crippen molar-refractivity contribution in [2.75, 3.05) is 39.8 Å². The molecule has 3 rings (SSSR count). The highest BCUT2D eigenvalue weighted by Gasteiger charge is 2.22. The highest BCUT2D eigenvalue weighted by Crippen LogP contribution is 2.12. The second kappa shape index (κ2) is 10.6. The molecule has 2 aromatic rings. The molecule has 0 aliphatic carbocycles. The fourth-order valence-corrected chi connectivity index (χ4v) is 3.45. The molecule has 1 aliphatic rings. The topological polar surface area (TPSA) is 61.9 Å². The fourth-order valence-electron chi connectivity index (χ4n) is 3.45. The fraction of sp³-hybridized carbons (Fsp3) is 0.391. The van der Waals surface area contributed by atoms with Crippen molar-refractivity contribution in [3.05, 3.63) is 65.7 Å². The van der Waals surface area contributed by atoms with Crippen LogP contribution in [0.3, 0.4) is 0 Å².